The van der Waals surface area contributed by atoms with E-state index in [0.29, 0.717) is 30.2 Å². The molecule has 0 spiro atoms. The average molecular weight is 305 g/mol. The molecule has 22 heavy (non-hydrogen) atoms. The van der Waals surface area contributed by atoms with Crippen molar-refractivity contribution in [3.05, 3.63) is 23.8 Å². The van der Waals surface area contributed by atoms with Crippen molar-refractivity contribution >= 4 is 11.8 Å². The Kier molecular flexibility index (Phi) is 4.15. The van der Waals surface area contributed by atoms with Gasteiger partial charge in [0.1, 0.15) is 0 Å². The molecule has 3 rings (SSSR count). The fourth-order valence-corrected chi connectivity index (χ4v) is 2.57. The molecule has 1 atom stereocenters. The van der Waals surface area contributed by atoms with Gasteiger partial charge in [-0.2, -0.15) is 0 Å². The second kappa shape index (κ2) is 6.23. The normalized spacial score (nSPS) is 19.9. The number of ether oxygens (including phenoxy) is 2. The fraction of sp³-hybridized carbons (Fsp3) is 0.467. The van der Waals surface area contributed by atoms with Crippen LogP contribution in [0, 0.1) is 0 Å². The van der Waals surface area contributed by atoms with Crippen LogP contribution in [0.3, 0.4) is 0 Å². The van der Waals surface area contributed by atoms with Gasteiger partial charge in [-0.1, -0.05) is 0 Å². The Balaban J connectivity index is 1.54. The summed E-state index contributed by atoms with van der Waals surface area (Å²) in [7, 11) is 0. The molecular weight excluding hydrogens is 286 g/mol. The molecule has 0 unspecified atom stereocenters. The van der Waals surface area contributed by atoms with Crippen LogP contribution in [0.15, 0.2) is 18.2 Å². The fourth-order valence-electron chi connectivity index (χ4n) is 2.57. The minimum absolute atomic E-state index is 0.00000472. The van der Waals surface area contributed by atoms with E-state index in [9.17, 15) is 9.59 Å². The van der Waals surface area contributed by atoms with Gasteiger partial charge in [-0.05, 0) is 25.1 Å². The van der Waals surface area contributed by atoms with Gasteiger partial charge in [0.15, 0.2) is 11.5 Å². The summed E-state index contributed by atoms with van der Waals surface area (Å²) in [5.74, 6) is 0.814. The van der Waals surface area contributed by atoms with Gasteiger partial charge in [-0.3, -0.25) is 9.59 Å². The van der Waals surface area contributed by atoms with Gasteiger partial charge in [0.2, 0.25) is 12.7 Å². The highest BCUT2D eigenvalue weighted by Crippen LogP contribution is 2.32. The predicted molar refractivity (Wildman–Crippen MR) is 78.9 cm³/mol. The van der Waals surface area contributed by atoms with Crippen LogP contribution in [-0.2, 0) is 4.79 Å². The van der Waals surface area contributed by atoms with E-state index in [1.54, 1.807) is 23.1 Å². The molecule has 2 aliphatic heterocycles. The van der Waals surface area contributed by atoms with Crippen molar-refractivity contribution in [1.82, 2.24) is 15.5 Å². The van der Waals surface area contributed by atoms with E-state index in [1.807, 2.05) is 6.92 Å². The van der Waals surface area contributed by atoms with Gasteiger partial charge in [-0.25, -0.2) is 0 Å². The Labute approximate surface area is 128 Å². The molecular formula is C15H19N3O4. The van der Waals surface area contributed by atoms with Crippen molar-refractivity contribution in [2.45, 2.75) is 13.0 Å². The van der Waals surface area contributed by atoms with Gasteiger partial charge in [0.05, 0.1) is 6.54 Å². The molecule has 0 bridgehead atoms. The zero-order valence-electron chi connectivity index (χ0n) is 12.4. The SMILES string of the molecule is C[C@@H]1CN(C(=O)CNC(=O)c2ccc3c(c2)OCO3)CCN1. The summed E-state index contributed by atoms with van der Waals surface area (Å²) in [5.41, 5.74) is 0.450. The van der Waals surface area contributed by atoms with Crippen molar-refractivity contribution in [3.63, 3.8) is 0 Å². The van der Waals surface area contributed by atoms with Crippen molar-refractivity contribution in [1.29, 1.82) is 0 Å². The lowest BCUT2D eigenvalue weighted by molar-refractivity contribution is -0.131. The van der Waals surface area contributed by atoms with E-state index in [-0.39, 0.29) is 31.2 Å². The van der Waals surface area contributed by atoms with Crippen LogP contribution in [0.2, 0.25) is 0 Å². The summed E-state index contributed by atoms with van der Waals surface area (Å²) < 4.78 is 10.4. The molecule has 7 nitrogen and oxygen atoms in total. The maximum absolute atomic E-state index is 12.1. The maximum atomic E-state index is 12.1. The van der Waals surface area contributed by atoms with Crippen LogP contribution < -0.4 is 20.1 Å². The first-order valence-electron chi connectivity index (χ1n) is 7.32. The minimum atomic E-state index is -0.296. The van der Waals surface area contributed by atoms with Crippen LogP contribution in [0.1, 0.15) is 17.3 Å². The number of amides is 2. The molecule has 0 aliphatic carbocycles. The van der Waals surface area contributed by atoms with Crippen LogP contribution in [-0.4, -0.2) is 55.7 Å². The molecule has 2 aliphatic rings. The number of carbonyl (C=O) groups is 2. The van der Waals surface area contributed by atoms with Crippen LogP contribution in [0.4, 0.5) is 0 Å². The van der Waals surface area contributed by atoms with Crippen LogP contribution >= 0.6 is 0 Å². The van der Waals surface area contributed by atoms with Crippen molar-refractivity contribution in [2.24, 2.45) is 0 Å². The molecule has 2 heterocycles. The minimum Gasteiger partial charge on any atom is -0.454 e. The Hall–Kier alpha value is -2.28. The molecule has 0 aromatic heterocycles. The largest absolute Gasteiger partial charge is 0.454 e. The molecule has 1 aromatic rings. The highest BCUT2D eigenvalue weighted by molar-refractivity contribution is 5.97. The summed E-state index contributed by atoms with van der Waals surface area (Å²) in [5, 5.41) is 5.93. The number of hydrogen-bond donors (Lipinski definition) is 2. The van der Waals surface area contributed by atoms with Gasteiger partial charge < -0.3 is 25.0 Å². The van der Waals surface area contributed by atoms with Gasteiger partial charge in [0.25, 0.3) is 5.91 Å². The first-order valence-corrected chi connectivity index (χ1v) is 7.32. The summed E-state index contributed by atoms with van der Waals surface area (Å²) in [6.45, 7) is 4.31. The van der Waals surface area contributed by atoms with E-state index in [0.717, 1.165) is 6.54 Å². The molecule has 0 radical (unpaired) electrons. The summed E-state index contributed by atoms with van der Waals surface area (Å²) >= 11 is 0. The second-order valence-electron chi connectivity index (χ2n) is 5.45. The number of nitrogens with one attached hydrogen (secondary N) is 2. The molecule has 7 heteroatoms. The second-order valence-corrected chi connectivity index (χ2v) is 5.45. The number of hydrogen-bond acceptors (Lipinski definition) is 5. The lowest BCUT2D eigenvalue weighted by Gasteiger charge is -2.31. The quantitative estimate of drug-likeness (QED) is 0.819. The third-order valence-electron chi connectivity index (χ3n) is 3.76. The summed E-state index contributed by atoms with van der Waals surface area (Å²) in [6.07, 6.45) is 0. The lowest BCUT2D eigenvalue weighted by Crippen LogP contribution is -2.53. The van der Waals surface area contributed by atoms with E-state index < -0.39 is 0 Å². The molecule has 0 saturated carbocycles. The zero-order chi connectivity index (χ0) is 15.5. The highest BCUT2D eigenvalue weighted by Gasteiger charge is 2.21. The summed E-state index contributed by atoms with van der Waals surface area (Å²) in [4.78, 5) is 26.0. The van der Waals surface area contributed by atoms with Gasteiger partial charge >= 0.3 is 0 Å². The monoisotopic (exact) mass is 305 g/mol. The average Bonchev–Trinajstić information content (AvgIpc) is 2.99. The molecule has 1 fully saturated rings. The first kappa shape index (κ1) is 14.6. The Morgan fingerprint density at radius 3 is 3.00 bits per heavy atom. The molecule has 118 valence electrons. The highest BCUT2D eigenvalue weighted by atomic mass is 16.7. The topological polar surface area (TPSA) is 79.9 Å². The molecule has 2 amide bonds. The Morgan fingerprint density at radius 1 is 1.36 bits per heavy atom. The number of benzene rings is 1. The van der Waals surface area contributed by atoms with E-state index >= 15 is 0 Å². The maximum Gasteiger partial charge on any atom is 0.251 e. The third kappa shape index (κ3) is 3.14. The summed E-state index contributed by atoms with van der Waals surface area (Å²) in [6, 6.07) is 5.24. The number of fused-ring (bicyclic) bond motifs is 1. The van der Waals surface area contributed by atoms with Crippen molar-refractivity contribution in [2.75, 3.05) is 33.0 Å². The number of piperazine rings is 1. The molecule has 1 saturated heterocycles. The number of nitrogens with zero attached hydrogens (tertiary/aromatic N) is 1. The Morgan fingerprint density at radius 2 is 2.18 bits per heavy atom. The number of carbonyl (C=O) groups excluding carboxylic acids is 2. The van der Waals surface area contributed by atoms with Crippen LogP contribution in [0.25, 0.3) is 0 Å². The number of rotatable bonds is 3. The van der Waals surface area contributed by atoms with Gasteiger partial charge in [-0.15, -0.1) is 0 Å². The van der Waals surface area contributed by atoms with Gasteiger partial charge in [0, 0.05) is 31.2 Å². The van der Waals surface area contributed by atoms with Crippen LogP contribution in [0.5, 0.6) is 11.5 Å². The van der Waals surface area contributed by atoms with E-state index in [2.05, 4.69) is 10.6 Å². The first-order chi connectivity index (χ1) is 10.6. The molecule has 2 N–H and O–H groups in total. The Bertz CT molecular complexity index is 590. The standard InChI is InChI=1S/C15H19N3O4/c1-10-8-18(5-4-16-10)14(19)7-17-15(20)11-2-3-12-13(6-11)22-9-21-12/h2-3,6,10,16H,4-5,7-9H2,1H3,(H,17,20)/t10-/m1/s1. The van der Waals surface area contributed by atoms with E-state index in [1.165, 1.54) is 0 Å². The van der Waals surface area contributed by atoms with Crippen molar-refractivity contribution < 1.29 is 19.1 Å². The predicted octanol–water partition coefficient (Wildman–Crippen LogP) is -0.0346. The molecule has 1 aromatic carbocycles. The zero-order valence-corrected chi connectivity index (χ0v) is 12.4. The lowest BCUT2D eigenvalue weighted by atomic mass is 10.2. The van der Waals surface area contributed by atoms with Crippen molar-refractivity contribution in [3.8, 4) is 11.5 Å². The smallest absolute Gasteiger partial charge is 0.251 e. The third-order valence-corrected chi connectivity index (χ3v) is 3.76. The van der Waals surface area contributed by atoms with E-state index in [4.69, 9.17) is 9.47 Å².